The molecular weight excluding hydrogens is 354 g/mol. The Labute approximate surface area is 158 Å². The lowest BCUT2D eigenvalue weighted by atomic mass is 9.81. The van der Waals surface area contributed by atoms with Gasteiger partial charge in [0.25, 0.3) is 0 Å². The average molecular weight is 378 g/mol. The van der Waals surface area contributed by atoms with Gasteiger partial charge in [0.1, 0.15) is 11.3 Å². The number of methoxy groups -OCH3 is 1. The fraction of sp³-hybridized carbons (Fsp3) is 0.526. The van der Waals surface area contributed by atoms with Crippen LogP contribution in [0.15, 0.2) is 18.5 Å². The molecular formula is C19H24ClN3O3. The van der Waals surface area contributed by atoms with Gasteiger partial charge < -0.3 is 14.4 Å². The number of fused-ring (bicyclic) bond motifs is 1. The minimum Gasteiger partial charge on any atom is -0.474 e. The molecule has 0 spiro atoms. The van der Waals surface area contributed by atoms with Crippen molar-refractivity contribution in [3.8, 4) is 5.88 Å². The normalized spacial score (nSPS) is 20.5. The Morgan fingerprint density at radius 3 is 2.69 bits per heavy atom. The molecule has 2 aromatic rings. The molecule has 140 valence electrons. The van der Waals surface area contributed by atoms with E-state index in [2.05, 4.69) is 16.9 Å². The molecule has 1 fully saturated rings. The van der Waals surface area contributed by atoms with Crippen LogP contribution in [-0.2, 0) is 9.53 Å². The molecule has 1 saturated carbocycles. The molecule has 0 N–H and O–H groups in total. The van der Waals surface area contributed by atoms with E-state index in [9.17, 15) is 4.79 Å². The summed E-state index contributed by atoms with van der Waals surface area (Å²) in [5.74, 6) is 0.904. The van der Waals surface area contributed by atoms with E-state index in [4.69, 9.17) is 21.1 Å². The van der Waals surface area contributed by atoms with Crippen molar-refractivity contribution in [1.29, 1.82) is 0 Å². The Morgan fingerprint density at radius 2 is 2.04 bits per heavy atom. The molecule has 7 heteroatoms. The quantitative estimate of drug-likeness (QED) is 0.723. The SMILES string of the molecule is COC[C@H](C)c1cnc(O[C@H]2C[C@@H](C(=O)N(C)C)C2)c2cnc(Cl)cc12. The van der Waals surface area contributed by atoms with Crippen LogP contribution in [0.2, 0.25) is 5.15 Å². The minimum atomic E-state index is -0.00229. The molecule has 0 radical (unpaired) electrons. The molecule has 3 rings (SSSR count). The first kappa shape index (κ1) is 18.9. The van der Waals surface area contributed by atoms with Gasteiger partial charge in [-0.05, 0) is 29.9 Å². The first-order chi connectivity index (χ1) is 12.4. The zero-order valence-electron chi connectivity index (χ0n) is 15.5. The molecule has 0 unspecified atom stereocenters. The average Bonchev–Trinajstić information content (AvgIpc) is 2.56. The highest BCUT2D eigenvalue weighted by Crippen LogP contribution is 2.36. The van der Waals surface area contributed by atoms with Crippen molar-refractivity contribution in [2.75, 3.05) is 27.8 Å². The lowest BCUT2D eigenvalue weighted by Gasteiger charge is -2.35. The van der Waals surface area contributed by atoms with Crippen molar-refractivity contribution in [2.45, 2.75) is 31.8 Å². The maximum atomic E-state index is 12.0. The number of amides is 1. The third-order valence-electron chi connectivity index (χ3n) is 4.84. The predicted molar refractivity (Wildman–Crippen MR) is 101 cm³/mol. The van der Waals surface area contributed by atoms with Crippen molar-refractivity contribution in [3.63, 3.8) is 0 Å². The molecule has 1 amide bonds. The van der Waals surface area contributed by atoms with Crippen LogP contribution in [0.4, 0.5) is 0 Å². The Hall–Kier alpha value is -1.92. The second-order valence-corrected chi connectivity index (χ2v) is 7.46. The zero-order valence-corrected chi connectivity index (χ0v) is 16.3. The highest BCUT2D eigenvalue weighted by Gasteiger charge is 2.37. The molecule has 1 atom stereocenters. The molecule has 1 aliphatic carbocycles. The monoisotopic (exact) mass is 377 g/mol. The van der Waals surface area contributed by atoms with Gasteiger partial charge in [-0.25, -0.2) is 9.97 Å². The van der Waals surface area contributed by atoms with Crippen LogP contribution in [0.25, 0.3) is 10.8 Å². The summed E-state index contributed by atoms with van der Waals surface area (Å²) < 4.78 is 11.3. The smallest absolute Gasteiger partial charge is 0.225 e. The lowest BCUT2D eigenvalue weighted by molar-refractivity contribution is -0.138. The molecule has 0 saturated heterocycles. The second-order valence-electron chi connectivity index (χ2n) is 7.07. The topological polar surface area (TPSA) is 64.6 Å². The van der Waals surface area contributed by atoms with Crippen molar-refractivity contribution in [1.82, 2.24) is 14.9 Å². The number of hydrogen-bond donors (Lipinski definition) is 0. The van der Waals surface area contributed by atoms with E-state index in [1.165, 1.54) is 0 Å². The number of rotatable bonds is 6. The summed E-state index contributed by atoms with van der Waals surface area (Å²) in [6.45, 7) is 2.67. The first-order valence-corrected chi connectivity index (χ1v) is 9.09. The van der Waals surface area contributed by atoms with E-state index < -0.39 is 0 Å². The van der Waals surface area contributed by atoms with Gasteiger partial charge in [-0.2, -0.15) is 0 Å². The van der Waals surface area contributed by atoms with Gasteiger partial charge in [-0.1, -0.05) is 18.5 Å². The number of halogens is 1. The third kappa shape index (κ3) is 3.76. The Balaban J connectivity index is 1.82. The van der Waals surface area contributed by atoms with Crippen LogP contribution >= 0.6 is 11.6 Å². The standard InChI is InChI=1S/C19H24ClN3O3/c1-11(10-25-4)15-8-22-18(16-9-21-17(20)7-14(15)16)26-13-5-12(6-13)19(24)23(2)3/h7-9,11-13H,5-6,10H2,1-4H3/t11-,12-,13+/m0/s1. The summed E-state index contributed by atoms with van der Waals surface area (Å²) in [5, 5.41) is 2.23. The number of nitrogens with zero attached hydrogens (tertiary/aromatic N) is 3. The molecule has 0 aromatic carbocycles. The van der Waals surface area contributed by atoms with E-state index in [0.29, 0.717) is 30.5 Å². The van der Waals surface area contributed by atoms with Gasteiger partial charge in [0, 0.05) is 45.4 Å². The molecule has 2 aromatic heterocycles. The van der Waals surface area contributed by atoms with Crippen LogP contribution < -0.4 is 4.74 Å². The number of hydrogen-bond acceptors (Lipinski definition) is 5. The van der Waals surface area contributed by atoms with E-state index in [1.807, 2.05) is 12.3 Å². The van der Waals surface area contributed by atoms with Crippen LogP contribution in [0.5, 0.6) is 5.88 Å². The van der Waals surface area contributed by atoms with Gasteiger partial charge in [-0.15, -0.1) is 0 Å². The fourth-order valence-corrected chi connectivity index (χ4v) is 3.48. The summed E-state index contributed by atoms with van der Waals surface area (Å²) in [6.07, 6.45) is 4.94. The molecule has 0 bridgehead atoms. The van der Waals surface area contributed by atoms with Gasteiger partial charge in [-0.3, -0.25) is 4.79 Å². The van der Waals surface area contributed by atoms with E-state index in [-0.39, 0.29) is 23.8 Å². The number of ether oxygens (including phenoxy) is 2. The Bertz CT molecular complexity index is 806. The summed E-state index contributed by atoms with van der Waals surface area (Å²) in [6, 6.07) is 1.84. The van der Waals surface area contributed by atoms with Crippen LogP contribution in [0.1, 0.15) is 31.2 Å². The second kappa shape index (κ2) is 7.76. The lowest BCUT2D eigenvalue weighted by Crippen LogP contribution is -2.43. The summed E-state index contributed by atoms with van der Waals surface area (Å²) in [7, 11) is 5.24. The maximum Gasteiger partial charge on any atom is 0.225 e. The first-order valence-electron chi connectivity index (χ1n) is 8.71. The van der Waals surface area contributed by atoms with Gasteiger partial charge in [0.05, 0.1) is 12.0 Å². The van der Waals surface area contributed by atoms with Crippen LogP contribution in [0.3, 0.4) is 0 Å². The van der Waals surface area contributed by atoms with Gasteiger partial charge in [0.15, 0.2) is 0 Å². The Morgan fingerprint density at radius 1 is 1.31 bits per heavy atom. The third-order valence-corrected chi connectivity index (χ3v) is 5.05. The van der Waals surface area contributed by atoms with E-state index in [0.717, 1.165) is 16.3 Å². The van der Waals surface area contributed by atoms with Crippen LogP contribution in [0, 0.1) is 5.92 Å². The fourth-order valence-electron chi connectivity index (χ4n) is 3.32. The predicted octanol–water partition coefficient (Wildman–Crippen LogP) is 3.28. The van der Waals surface area contributed by atoms with E-state index in [1.54, 1.807) is 32.3 Å². The summed E-state index contributed by atoms with van der Waals surface area (Å²) in [4.78, 5) is 22.3. The molecule has 0 aliphatic heterocycles. The number of pyridine rings is 2. The van der Waals surface area contributed by atoms with Crippen LogP contribution in [-0.4, -0.2) is 54.7 Å². The summed E-state index contributed by atoms with van der Waals surface area (Å²) in [5.41, 5.74) is 1.05. The van der Waals surface area contributed by atoms with Gasteiger partial charge >= 0.3 is 0 Å². The van der Waals surface area contributed by atoms with E-state index >= 15 is 0 Å². The minimum absolute atomic E-state index is 0.00229. The number of aromatic nitrogens is 2. The number of carbonyl (C=O) groups is 1. The largest absolute Gasteiger partial charge is 0.474 e. The van der Waals surface area contributed by atoms with Crippen molar-refractivity contribution < 1.29 is 14.3 Å². The van der Waals surface area contributed by atoms with Crippen molar-refractivity contribution in [2.24, 2.45) is 5.92 Å². The molecule has 2 heterocycles. The maximum absolute atomic E-state index is 12.0. The molecule has 6 nitrogen and oxygen atoms in total. The molecule has 26 heavy (non-hydrogen) atoms. The highest BCUT2D eigenvalue weighted by atomic mass is 35.5. The zero-order chi connectivity index (χ0) is 18.8. The number of carbonyl (C=O) groups excluding carboxylic acids is 1. The van der Waals surface area contributed by atoms with Crippen molar-refractivity contribution in [3.05, 3.63) is 29.2 Å². The molecule has 1 aliphatic rings. The Kier molecular flexibility index (Phi) is 5.63. The highest BCUT2D eigenvalue weighted by molar-refractivity contribution is 6.30. The van der Waals surface area contributed by atoms with Gasteiger partial charge in [0.2, 0.25) is 11.8 Å². The summed E-state index contributed by atoms with van der Waals surface area (Å²) >= 11 is 6.11. The van der Waals surface area contributed by atoms with Crippen molar-refractivity contribution >= 4 is 28.3 Å².